The van der Waals surface area contributed by atoms with E-state index in [0.717, 1.165) is 16.9 Å². The Morgan fingerprint density at radius 3 is 2.39 bits per heavy atom. The van der Waals surface area contributed by atoms with Gasteiger partial charge in [-0.1, -0.05) is 37.3 Å². The third-order valence-electron chi connectivity index (χ3n) is 3.28. The van der Waals surface area contributed by atoms with Crippen molar-refractivity contribution in [1.82, 2.24) is 5.32 Å². The molecule has 1 N–H and O–H groups in total. The van der Waals surface area contributed by atoms with Crippen molar-refractivity contribution in [2.45, 2.75) is 25.3 Å². The van der Waals surface area contributed by atoms with Crippen molar-refractivity contribution in [1.29, 1.82) is 0 Å². The zero-order chi connectivity index (χ0) is 13.0. The van der Waals surface area contributed by atoms with E-state index in [2.05, 4.69) is 52.4 Å². The Labute approximate surface area is 117 Å². The molecule has 0 spiro atoms. The fraction of sp³-hybridized carbons (Fsp3) is 0.333. The first kappa shape index (κ1) is 13.4. The number of hydrogen-bond donors (Lipinski definition) is 1. The Kier molecular flexibility index (Phi) is 4.61. The molecule has 2 aromatic rings. The van der Waals surface area contributed by atoms with Crippen LogP contribution in [0.5, 0.6) is 0 Å². The van der Waals surface area contributed by atoms with Gasteiger partial charge in [0, 0.05) is 5.92 Å². The second-order valence-corrected chi connectivity index (χ2v) is 5.12. The third kappa shape index (κ3) is 2.85. The molecular formula is C15H18BrNO. The molecule has 0 aliphatic carbocycles. The van der Waals surface area contributed by atoms with E-state index in [0.29, 0.717) is 5.92 Å². The molecule has 0 fully saturated rings. The fourth-order valence-corrected chi connectivity index (χ4v) is 2.72. The van der Waals surface area contributed by atoms with Gasteiger partial charge in [0.2, 0.25) is 0 Å². The minimum Gasteiger partial charge on any atom is -0.453 e. The quantitative estimate of drug-likeness (QED) is 0.880. The molecule has 18 heavy (non-hydrogen) atoms. The van der Waals surface area contributed by atoms with Crippen LogP contribution in [0.3, 0.4) is 0 Å². The smallest absolute Gasteiger partial charge is 0.169 e. The van der Waals surface area contributed by atoms with Crippen LogP contribution in [-0.2, 0) is 0 Å². The summed E-state index contributed by atoms with van der Waals surface area (Å²) in [5.41, 5.74) is 1.34. The van der Waals surface area contributed by atoms with Crippen molar-refractivity contribution < 1.29 is 4.42 Å². The summed E-state index contributed by atoms with van der Waals surface area (Å²) in [7, 11) is 1.98. The van der Waals surface area contributed by atoms with Gasteiger partial charge >= 0.3 is 0 Å². The van der Waals surface area contributed by atoms with Gasteiger partial charge in [-0.05, 0) is 47.1 Å². The van der Waals surface area contributed by atoms with E-state index in [-0.39, 0.29) is 6.04 Å². The average molecular weight is 308 g/mol. The second-order valence-electron chi connectivity index (χ2n) is 4.33. The van der Waals surface area contributed by atoms with E-state index in [1.165, 1.54) is 5.56 Å². The molecule has 0 saturated heterocycles. The van der Waals surface area contributed by atoms with Crippen LogP contribution in [0.15, 0.2) is 51.6 Å². The summed E-state index contributed by atoms with van der Waals surface area (Å²) in [5, 5.41) is 3.37. The lowest BCUT2D eigenvalue weighted by atomic mass is 9.88. The Bertz CT molecular complexity index is 480. The van der Waals surface area contributed by atoms with Crippen LogP contribution in [0.1, 0.15) is 36.6 Å². The van der Waals surface area contributed by atoms with Crippen LogP contribution in [0.25, 0.3) is 0 Å². The standard InChI is InChI=1S/C15H18BrNO/c1-3-12(11-7-5-4-6-8-11)15(17-2)13-9-10-14(16)18-13/h4-10,12,15,17H,3H2,1-2H3. The maximum absolute atomic E-state index is 5.69. The number of rotatable bonds is 5. The molecule has 2 nitrogen and oxygen atoms in total. The number of nitrogens with one attached hydrogen (secondary N) is 1. The van der Waals surface area contributed by atoms with E-state index in [1.54, 1.807) is 0 Å². The van der Waals surface area contributed by atoms with Gasteiger partial charge in [0.05, 0.1) is 6.04 Å². The Balaban J connectivity index is 2.30. The molecule has 1 aromatic carbocycles. The average Bonchev–Trinajstić information content (AvgIpc) is 2.83. The zero-order valence-electron chi connectivity index (χ0n) is 10.7. The lowest BCUT2D eigenvalue weighted by Gasteiger charge is -2.24. The van der Waals surface area contributed by atoms with Crippen molar-refractivity contribution in [3.05, 3.63) is 58.5 Å². The highest BCUT2D eigenvalue weighted by atomic mass is 79.9. The zero-order valence-corrected chi connectivity index (χ0v) is 12.3. The largest absolute Gasteiger partial charge is 0.453 e. The lowest BCUT2D eigenvalue weighted by Crippen LogP contribution is -2.23. The first-order chi connectivity index (χ1) is 8.76. The van der Waals surface area contributed by atoms with Crippen molar-refractivity contribution in [2.24, 2.45) is 0 Å². The number of benzene rings is 1. The molecule has 0 radical (unpaired) electrons. The minimum atomic E-state index is 0.198. The maximum Gasteiger partial charge on any atom is 0.169 e. The fourth-order valence-electron chi connectivity index (χ4n) is 2.40. The van der Waals surface area contributed by atoms with E-state index >= 15 is 0 Å². The molecular weight excluding hydrogens is 290 g/mol. The predicted octanol–water partition coefficient (Wildman–Crippen LogP) is 4.50. The van der Waals surface area contributed by atoms with Crippen molar-refractivity contribution in [2.75, 3.05) is 7.05 Å². The minimum absolute atomic E-state index is 0.198. The second kappa shape index (κ2) is 6.21. The molecule has 0 saturated carbocycles. The molecule has 2 unspecified atom stereocenters. The van der Waals surface area contributed by atoms with Crippen LogP contribution < -0.4 is 5.32 Å². The maximum atomic E-state index is 5.69. The number of halogens is 1. The molecule has 0 aliphatic rings. The normalized spacial score (nSPS) is 14.4. The van der Waals surface area contributed by atoms with Gasteiger partial charge < -0.3 is 9.73 Å². The SMILES string of the molecule is CCC(c1ccccc1)C(NC)c1ccc(Br)o1. The summed E-state index contributed by atoms with van der Waals surface area (Å²) in [6, 6.07) is 14.7. The van der Waals surface area contributed by atoms with Gasteiger partial charge in [0.25, 0.3) is 0 Å². The first-order valence-electron chi connectivity index (χ1n) is 6.23. The highest BCUT2D eigenvalue weighted by Gasteiger charge is 2.24. The van der Waals surface area contributed by atoms with Crippen LogP contribution in [-0.4, -0.2) is 7.05 Å². The van der Waals surface area contributed by atoms with Crippen LogP contribution in [0.2, 0.25) is 0 Å². The summed E-state index contributed by atoms with van der Waals surface area (Å²) in [6.45, 7) is 2.21. The summed E-state index contributed by atoms with van der Waals surface area (Å²) < 4.78 is 6.47. The molecule has 0 bridgehead atoms. The van der Waals surface area contributed by atoms with Crippen LogP contribution >= 0.6 is 15.9 Å². The molecule has 1 aromatic heterocycles. The van der Waals surface area contributed by atoms with Gasteiger partial charge in [-0.2, -0.15) is 0 Å². The number of furan rings is 1. The highest BCUT2D eigenvalue weighted by molar-refractivity contribution is 9.10. The Hall–Kier alpha value is -1.06. The van der Waals surface area contributed by atoms with E-state index in [1.807, 2.05) is 25.2 Å². The number of likely N-dealkylation sites (N-methyl/N-ethyl adjacent to an activating group) is 1. The first-order valence-corrected chi connectivity index (χ1v) is 7.03. The summed E-state index contributed by atoms with van der Waals surface area (Å²) in [4.78, 5) is 0. The Morgan fingerprint density at radius 1 is 1.17 bits per heavy atom. The van der Waals surface area contributed by atoms with Gasteiger partial charge in [0.1, 0.15) is 5.76 Å². The predicted molar refractivity (Wildman–Crippen MR) is 77.7 cm³/mol. The van der Waals surface area contributed by atoms with Gasteiger partial charge in [-0.15, -0.1) is 0 Å². The molecule has 2 atom stereocenters. The van der Waals surface area contributed by atoms with Gasteiger partial charge in [0.15, 0.2) is 4.67 Å². The van der Waals surface area contributed by atoms with Gasteiger partial charge in [-0.25, -0.2) is 0 Å². The van der Waals surface area contributed by atoms with E-state index in [9.17, 15) is 0 Å². The van der Waals surface area contributed by atoms with Crippen LogP contribution in [0.4, 0.5) is 0 Å². The van der Waals surface area contributed by atoms with Crippen molar-refractivity contribution in [3.8, 4) is 0 Å². The molecule has 3 heteroatoms. The summed E-state index contributed by atoms with van der Waals surface area (Å²) >= 11 is 3.36. The summed E-state index contributed by atoms with van der Waals surface area (Å²) in [5.74, 6) is 1.38. The van der Waals surface area contributed by atoms with Gasteiger partial charge in [-0.3, -0.25) is 0 Å². The highest BCUT2D eigenvalue weighted by Crippen LogP contribution is 2.34. The molecule has 0 aliphatic heterocycles. The number of hydrogen-bond acceptors (Lipinski definition) is 2. The lowest BCUT2D eigenvalue weighted by molar-refractivity contribution is 0.369. The molecule has 2 rings (SSSR count). The molecule has 96 valence electrons. The topological polar surface area (TPSA) is 25.2 Å². The summed E-state index contributed by atoms with van der Waals surface area (Å²) in [6.07, 6.45) is 1.06. The van der Waals surface area contributed by atoms with E-state index in [4.69, 9.17) is 4.42 Å². The third-order valence-corrected chi connectivity index (χ3v) is 3.71. The molecule has 1 heterocycles. The van der Waals surface area contributed by atoms with Crippen LogP contribution in [0, 0.1) is 0 Å². The monoisotopic (exact) mass is 307 g/mol. The van der Waals surface area contributed by atoms with Crippen molar-refractivity contribution >= 4 is 15.9 Å². The molecule has 0 amide bonds. The van der Waals surface area contributed by atoms with E-state index < -0.39 is 0 Å². The van der Waals surface area contributed by atoms with Crippen molar-refractivity contribution in [3.63, 3.8) is 0 Å². The Morgan fingerprint density at radius 2 is 1.89 bits per heavy atom.